The number of hydrogen-bond donors (Lipinski definition) is 0. The van der Waals surface area contributed by atoms with Crippen molar-refractivity contribution in [1.29, 1.82) is 0 Å². The molecule has 4 nitrogen and oxygen atoms in total. The Morgan fingerprint density at radius 3 is 2.00 bits per heavy atom. The first-order valence-corrected chi connectivity index (χ1v) is 7.99. The molecule has 22 heavy (non-hydrogen) atoms. The first kappa shape index (κ1) is 15.1. The Hall–Kier alpha value is -1.81. The van der Waals surface area contributed by atoms with Crippen LogP contribution in [0.15, 0.2) is 24.3 Å². The minimum absolute atomic E-state index is 0.438. The number of benzene rings is 1. The lowest BCUT2D eigenvalue weighted by atomic mass is 10.0. The van der Waals surface area contributed by atoms with Crippen molar-refractivity contribution in [2.75, 3.05) is 36.0 Å². The summed E-state index contributed by atoms with van der Waals surface area (Å²) in [6.45, 7) is 10.4. The molecule has 0 aliphatic carbocycles. The highest BCUT2D eigenvalue weighted by Gasteiger charge is 2.21. The molecule has 1 aromatic carbocycles. The first-order valence-electron chi connectivity index (χ1n) is 7.61. The van der Waals surface area contributed by atoms with Crippen LogP contribution in [0.5, 0.6) is 0 Å². The van der Waals surface area contributed by atoms with Crippen molar-refractivity contribution < 1.29 is 0 Å². The van der Waals surface area contributed by atoms with Gasteiger partial charge in [-0.1, -0.05) is 29.3 Å². The molecule has 0 bridgehead atoms. The predicted octanol–water partition coefficient (Wildman–Crippen LogP) is 3.38. The Morgan fingerprint density at radius 2 is 1.45 bits per heavy atom. The van der Waals surface area contributed by atoms with Crippen molar-refractivity contribution in [2.24, 2.45) is 0 Å². The first-order chi connectivity index (χ1) is 10.5. The topological polar surface area (TPSA) is 32.3 Å². The van der Waals surface area contributed by atoms with Gasteiger partial charge in [-0.3, -0.25) is 0 Å². The summed E-state index contributed by atoms with van der Waals surface area (Å²) in [7, 11) is 0. The van der Waals surface area contributed by atoms with Gasteiger partial charge in [-0.25, -0.2) is 0 Å². The zero-order valence-corrected chi connectivity index (χ0v) is 14.1. The lowest BCUT2D eigenvalue weighted by molar-refractivity contribution is 0.641. The molecular weight excluding hydrogens is 296 g/mol. The van der Waals surface area contributed by atoms with Crippen LogP contribution in [0.1, 0.15) is 16.7 Å². The molecule has 1 fully saturated rings. The Bertz CT molecular complexity index is 638. The van der Waals surface area contributed by atoms with Gasteiger partial charge in [-0.05, 0) is 44.0 Å². The second kappa shape index (κ2) is 6.13. The van der Waals surface area contributed by atoms with Crippen LogP contribution >= 0.6 is 11.6 Å². The summed E-state index contributed by atoms with van der Waals surface area (Å²) >= 11 is 5.80. The molecule has 2 aromatic rings. The molecule has 1 aliphatic heterocycles. The van der Waals surface area contributed by atoms with Crippen LogP contribution in [-0.4, -0.2) is 36.4 Å². The second-order valence-corrected chi connectivity index (χ2v) is 6.32. The van der Waals surface area contributed by atoms with Gasteiger partial charge in [0.1, 0.15) is 0 Å². The van der Waals surface area contributed by atoms with E-state index < -0.39 is 0 Å². The van der Waals surface area contributed by atoms with Gasteiger partial charge in [-0.2, -0.15) is 0 Å². The smallest absolute Gasteiger partial charge is 0.151 e. The highest BCUT2D eigenvalue weighted by molar-refractivity contribution is 6.29. The maximum absolute atomic E-state index is 5.80. The predicted molar refractivity (Wildman–Crippen MR) is 92.1 cm³/mol. The fraction of sp³-hybridized carbons (Fsp3) is 0.412. The summed E-state index contributed by atoms with van der Waals surface area (Å²) in [5.41, 5.74) is 5.43. The molecule has 0 saturated carbocycles. The molecule has 1 aliphatic rings. The number of nitrogens with zero attached hydrogens (tertiary/aromatic N) is 4. The molecule has 3 rings (SSSR count). The van der Waals surface area contributed by atoms with E-state index in [0.29, 0.717) is 5.15 Å². The molecular formula is C17H21ClN4. The molecule has 0 N–H and O–H groups in total. The number of hydrogen-bond acceptors (Lipinski definition) is 4. The largest absolute Gasteiger partial charge is 0.368 e. The van der Waals surface area contributed by atoms with Gasteiger partial charge in [0.2, 0.25) is 0 Å². The van der Waals surface area contributed by atoms with E-state index in [1.165, 1.54) is 22.4 Å². The summed E-state index contributed by atoms with van der Waals surface area (Å²) in [5.74, 6) is 0.904. The molecule has 0 atom stereocenters. The van der Waals surface area contributed by atoms with Crippen molar-refractivity contribution >= 4 is 23.1 Å². The van der Waals surface area contributed by atoms with Gasteiger partial charge < -0.3 is 9.80 Å². The van der Waals surface area contributed by atoms with E-state index in [4.69, 9.17) is 11.6 Å². The lowest BCUT2D eigenvalue weighted by Gasteiger charge is -2.38. The molecule has 0 unspecified atom stereocenters. The fourth-order valence-corrected chi connectivity index (χ4v) is 3.41. The van der Waals surface area contributed by atoms with Gasteiger partial charge in [-0.15, -0.1) is 10.2 Å². The second-order valence-electron chi connectivity index (χ2n) is 5.94. The van der Waals surface area contributed by atoms with E-state index >= 15 is 0 Å². The van der Waals surface area contributed by atoms with E-state index in [1.54, 1.807) is 6.07 Å². The summed E-state index contributed by atoms with van der Waals surface area (Å²) in [6.07, 6.45) is 0. The highest BCUT2D eigenvalue weighted by atomic mass is 35.5. The Balaban J connectivity index is 1.73. The van der Waals surface area contributed by atoms with E-state index in [1.807, 2.05) is 6.07 Å². The van der Waals surface area contributed by atoms with E-state index in [0.717, 1.165) is 32.0 Å². The number of halogens is 1. The number of anilines is 2. The average molecular weight is 317 g/mol. The zero-order valence-electron chi connectivity index (χ0n) is 13.3. The van der Waals surface area contributed by atoms with Crippen molar-refractivity contribution in [2.45, 2.75) is 20.8 Å². The minimum atomic E-state index is 0.438. The Labute approximate surface area is 136 Å². The Morgan fingerprint density at radius 1 is 0.864 bits per heavy atom. The average Bonchev–Trinajstić information content (AvgIpc) is 2.48. The summed E-state index contributed by atoms with van der Waals surface area (Å²) < 4.78 is 0. The Kier molecular flexibility index (Phi) is 4.21. The quantitative estimate of drug-likeness (QED) is 0.850. The van der Waals surface area contributed by atoms with Crippen molar-refractivity contribution in [3.63, 3.8) is 0 Å². The minimum Gasteiger partial charge on any atom is -0.368 e. The third kappa shape index (κ3) is 3.02. The van der Waals surface area contributed by atoms with E-state index in [-0.39, 0.29) is 0 Å². The lowest BCUT2D eigenvalue weighted by Crippen LogP contribution is -2.47. The van der Waals surface area contributed by atoms with E-state index in [2.05, 4.69) is 52.9 Å². The van der Waals surface area contributed by atoms with Crippen LogP contribution in [-0.2, 0) is 0 Å². The molecule has 0 amide bonds. The SMILES string of the molecule is Cc1cc(C)c(N2CCN(c3ccc(Cl)nn3)CC2)c(C)c1. The standard InChI is InChI=1S/C17H21ClN4/c1-12-10-13(2)17(14(3)11-12)22-8-6-21(7-9-22)16-5-4-15(18)19-20-16/h4-5,10-11H,6-9H2,1-3H3. The van der Waals surface area contributed by atoms with Crippen LogP contribution in [0.3, 0.4) is 0 Å². The van der Waals surface area contributed by atoms with Crippen molar-refractivity contribution in [1.82, 2.24) is 10.2 Å². The van der Waals surface area contributed by atoms with Crippen molar-refractivity contribution in [3.05, 3.63) is 46.1 Å². The fourth-order valence-electron chi connectivity index (χ4n) is 3.31. The van der Waals surface area contributed by atoms with Gasteiger partial charge in [0.25, 0.3) is 0 Å². The van der Waals surface area contributed by atoms with Gasteiger partial charge >= 0.3 is 0 Å². The van der Waals surface area contributed by atoms with Crippen molar-refractivity contribution in [3.8, 4) is 0 Å². The number of rotatable bonds is 2. The molecule has 1 saturated heterocycles. The van der Waals surface area contributed by atoms with Crippen LogP contribution in [0.4, 0.5) is 11.5 Å². The van der Waals surface area contributed by atoms with E-state index in [9.17, 15) is 0 Å². The molecule has 1 aromatic heterocycles. The monoisotopic (exact) mass is 316 g/mol. The maximum Gasteiger partial charge on any atom is 0.151 e. The number of aryl methyl sites for hydroxylation is 3. The van der Waals surface area contributed by atoms with Crippen LogP contribution in [0, 0.1) is 20.8 Å². The van der Waals surface area contributed by atoms with Gasteiger partial charge in [0.05, 0.1) is 0 Å². The number of piperazine rings is 1. The number of aromatic nitrogens is 2. The molecule has 5 heteroatoms. The third-order valence-electron chi connectivity index (χ3n) is 4.17. The van der Waals surface area contributed by atoms with Crippen LogP contribution in [0.25, 0.3) is 0 Å². The molecule has 0 spiro atoms. The van der Waals surface area contributed by atoms with Gasteiger partial charge in [0, 0.05) is 31.9 Å². The maximum atomic E-state index is 5.80. The zero-order chi connectivity index (χ0) is 15.7. The molecule has 116 valence electrons. The normalized spacial score (nSPS) is 15.3. The third-order valence-corrected chi connectivity index (χ3v) is 4.37. The van der Waals surface area contributed by atoms with Crippen LogP contribution in [0.2, 0.25) is 5.15 Å². The summed E-state index contributed by atoms with van der Waals surface area (Å²) in [6, 6.07) is 8.26. The molecule has 2 heterocycles. The molecule has 0 radical (unpaired) electrons. The summed E-state index contributed by atoms with van der Waals surface area (Å²) in [4.78, 5) is 4.74. The van der Waals surface area contributed by atoms with Gasteiger partial charge in [0.15, 0.2) is 11.0 Å². The van der Waals surface area contributed by atoms with Crippen LogP contribution < -0.4 is 9.80 Å². The highest BCUT2D eigenvalue weighted by Crippen LogP contribution is 2.27. The summed E-state index contributed by atoms with van der Waals surface area (Å²) in [5, 5.41) is 8.54.